The number of pyridine rings is 1. The quantitative estimate of drug-likeness (QED) is 0.664. The number of rotatable bonds is 7. The monoisotopic (exact) mass is 339 g/mol. The zero-order chi connectivity index (χ0) is 17.6. The Hall–Kier alpha value is -3.02. The Balaban J connectivity index is 1.62. The van der Waals surface area contributed by atoms with Crippen molar-refractivity contribution in [3.63, 3.8) is 0 Å². The molecule has 0 aliphatic carbocycles. The molecule has 1 amide bonds. The molecule has 0 aliphatic rings. The van der Waals surface area contributed by atoms with Gasteiger partial charge in [0, 0.05) is 12.7 Å². The van der Waals surface area contributed by atoms with Crippen molar-refractivity contribution < 1.29 is 14.3 Å². The molecule has 0 atom stereocenters. The van der Waals surface area contributed by atoms with E-state index in [4.69, 9.17) is 9.47 Å². The predicted molar refractivity (Wildman–Crippen MR) is 94.8 cm³/mol. The summed E-state index contributed by atoms with van der Waals surface area (Å²) in [6, 6.07) is 13.0. The molecule has 25 heavy (non-hydrogen) atoms. The number of amides is 1. The Morgan fingerprint density at radius 3 is 2.64 bits per heavy atom. The number of likely N-dealkylation sites (N-methyl/N-ethyl adjacent to an activating group) is 1. The van der Waals surface area contributed by atoms with Gasteiger partial charge in [-0.15, -0.1) is 0 Å². The van der Waals surface area contributed by atoms with Gasteiger partial charge >= 0.3 is 0 Å². The molecule has 3 aromatic rings. The average molecular weight is 339 g/mol. The topological polar surface area (TPSA) is 56.1 Å². The number of aromatic nitrogens is 2. The largest absolute Gasteiger partial charge is 0.497 e. The van der Waals surface area contributed by atoms with Crippen LogP contribution in [0.15, 0.2) is 54.9 Å². The van der Waals surface area contributed by atoms with E-state index in [0.29, 0.717) is 18.8 Å². The van der Waals surface area contributed by atoms with Gasteiger partial charge in [-0.1, -0.05) is 6.07 Å². The van der Waals surface area contributed by atoms with Crippen LogP contribution < -0.4 is 9.47 Å². The van der Waals surface area contributed by atoms with Crippen molar-refractivity contribution in [2.45, 2.75) is 13.5 Å². The van der Waals surface area contributed by atoms with Gasteiger partial charge in [-0.25, -0.2) is 4.98 Å². The van der Waals surface area contributed by atoms with Crippen LogP contribution in [0.2, 0.25) is 0 Å². The second-order valence-corrected chi connectivity index (χ2v) is 5.55. The fourth-order valence-electron chi connectivity index (χ4n) is 2.58. The molecule has 0 radical (unpaired) electrons. The summed E-state index contributed by atoms with van der Waals surface area (Å²) in [6.45, 7) is 3.04. The molecule has 2 aromatic heterocycles. The van der Waals surface area contributed by atoms with Crippen LogP contribution in [-0.4, -0.2) is 40.5 Å². The third-order valence-corrected chi connectivity index (χ3v) is 4.00. The average Bonchev–Trinajstić information content (AvgIpc) is 3.07. The number of benzene rings is 1. The molecule has 0 spiro atoms. The number of ether oxygens (including phenoxy) is 2. The van der Waals surface area contributed by atoms with Gasteiger partial charge in [-0.3, -0.25) is 4.79 Å². The smallest absolute Gasteiger partial charge is 0.260 e. The normalized spacial score (nSPS) is 10.6. The number of carbonyl (C=O) groups is 1. The summed E-state index contributed by atoms with van der Waals surface area (Å²) >= 11 is 0. The molecule has 0 saturated carbocycles. The van der Waals surface area contributed by atoms with E-state index < -0.39 is 0 Å². The summed E-state index contributed by atoms with van der Waals surface area (Å²) < 4.78 is 12.7. The fourth-order valence-corrected chi connectivity index (χ4v) is 2.58. The molecule has 2 heterocycles. The highest BCUT2D eigenvalue weighted by atomic mass is 16.5. The fraction of sp³-hybridized carbons (Fsp3) is 0.263. The SMILES string of the molecule is CCN(Cc1cnc2ccccn12)C(=O)COc1ccc(OC)cc1. The molecule has 0 N–H and O–H groups in total. The number of hydrogen-bond donors (Lipinski definition) is 0. The molecule has 0 aliphatic heterocycles. The molecule has 0 fully saturated rings. The Labute approximate surface area is 146 Å². The van der Waals surface area contributed by atoms with Crippen molar-refractivity contribution >= 4 is 11.6 Å². The molecular formula is C19H21N3O3. The molecule has 130 valence electrons. The number of methoxy groups -OCH3 is 1. The first-order chi connectivity index (χ1) is 12.2. The van der Waals surface area contributed by atoms with E-state index in [-0.39, 0.29) is 12.5 Å². The van der Waals surface area contributed by atoms with Gasteiger partial charge in [0.2, 0.25) is 0 Å². The van der Waals surface area contributed by atoms with Gasteiger partial charge in [-0.05, 0) is 43.3 Å². The van der Waals surface area contributed by atoms with Crippen molar-refractivity contribution in [2.75, 3.05) is 20.3 Å². The van der Waals surface area contributed by atoms with Crippen LogP contribution in [0.3, 0.4) is 0 Å². The first-order valence-electron chi connectivity index (χ1n) is 8.17. The van der Waals surface area contributed by atoms with Crippen molar-refractivity contribution in [3.8, 4) is 11.5 Å². The minimum absolute atomic E-state index is 0.00307. The second kappa shape index (κ2) is 7.70. The second-order valence-electron chi connectivity index (χ2n) is 5.55. The van der Waals surface area contributed by atoms with Crippen LogP contribution >= 0.6 is 0 Å². The molecule has 6 nitrogen and oxygen atoms in total. The Bertz CT molecular complexity index is 843. The van der Waals surface area contributed by atoms with Gasteiger partial charge in [0.05, 0.1) is 25.5 Å². The van der Waals surface area contributed by atoms with E-state index in [1.54, 1.807) is 42.5 Å². The molecule has 0 saturated heterocycles. The van der Waals surface area contributed by atoms with E-state index in [2.05, 4.69) is 4.98 Å². The third kappa shape index (κ3) is 3.91. The number of fused-ring (bicyclic) bond motifs is 1. The van der Waals surface area contributed by atoms with E-state index in [1.807, 2.05) is 35.7 Å². The Morgan fingerprint density at radius 1 is 1.16 bits per heavy atom. The number of nitrogens with zero attached hydrogens (tertiary/aromatic N) is 3. The Morgan fingerprint density at radius 2 is 1.92 bits per heavy atom. The van der Waals surface area contributed by atoms with E-state index in [9.17, 15) is 4.79 Å². The third-order valence-electron chi connectivity index (χ3n) is 4.00. The van der Waals surface area contributed by atoms with Crippen LogP contribution in [0.4, 0.5) is 0 Å². The summed E-state index contributed by atoms with van der Waals surface area (Å²) in [4.78, 5) is 18.6. The van der Waals surface area contributed by atoms with Gasteiger partial charge < -0.3 is 18.8 Å². The Kier molecular flexibility index (Phi) is 5.18. The van der Waals surface area contributed by atoms with E-state index in [0.717, 1.165) is 17.1 Å². The van der Waals surface area contributed by atoms with Crippen LogP contribution in [0.1, 0.15) is 12.6 Å². The van der Waals surface area contributed by atoms with Gasteiger partial charge in [0.25, 0.3) is 5.91 Å². The zero-order valence-corrected chi connectivity index (χ0v) is 14.4. The van der Waals surface area contributed by atoms with Gasteiger partial charge in [0.15, 0.2) is 6.61 Å². The summed E-state index contributed by atoms with van der Waals surface area (Å²) in [5, 5.41) is 0. The molecule has 0 bridgehead atoms. The lowest BCUT2D eigenvalue weighted by Gasteiger charge is -2.20. The van der Waals surface area contributed by atoms with Crippen LogP contribution in [0.25, 0.3) is 5.65 Å². The molecular weight excluding hydrogens is 318 g/mol. The predicted octanol–water partition coefficient (Wildman–Crippen LogP) is 2.77. The van der Waals surface area contributed by atoms with Crippen LogP contribution in [0.5, 0.6) is 11.5 Å². The van der Waals surface area contributed by atoms with Crippen molar-refractivity contribution in [2.24, 2.45) is 0 Å². The maximum absolute atomic E-state index is 12.5. The summed E-state index contributed by atoms with van der Waals surface area (Å²) in [6.07, 6.45) is 3.75. The standard InChI is InChI=1S/C19H21N3O3/c1-3-21(13-15-12-20-18-6-4-5-11-22(15)18)19(23)14-25-17-9-7-16(24-2)8-10-17/h4-12H,3,13-14H2,1-2H3. The zero-order valence-electron chi connectivity index (χ0n) is 14.4. The first-order valence-corrected chi connectivity index (χ1v) is 8.17. The first kappa shape index (κ1) is 16.8. The summed E-state index contributed by atoms with van der Waals surface area (Å²) in [5.74, 6) is 1.32. The number of imidazole rings is 1. The lowest BCUT2D eigenvalue weighted by Crippen LogP contribution is -2.34. The maximum Gasteiger partial charge on any atom is 0.260 e. The van der Waals surface area contributed by atoms with Crippen molar-refractivity contribution in [1.29, 1.82) is 0 Å². The highest BCUT2D eigenvalue weighted by Crippen LogP contribution is 2.17. The lowest BCUT2D eigenvalue weighted by molar-refractivity contribution is -0.133. The lowest BCUT2D eigenvalue weighted by atomic mass is 10.3. The summed E-state index contributed by atoms with van der Waals surface area (Å²) in [7, 11) is 1.61. The molecule has 6 heteroatoms. The van der Waals surface area contributed by atoms with Gasteiger partial charge in [0.1, 0.15) is 17.1 Å². The van der Waals surface area contributed by atoms with Crippen LogP contribution in [-0.2, 0) is 11.3 Å². The number of carbonyl (C=O) groups excluding carboxylic acids is 1. The molecule has 0 unspecified atom stereocenters. The summed E-state index contributed by atoms with van der Waals surface area (Å²) in [5.41, 5.74) is 1.84. The highest BCUT2D eigenvalue weighted by molar-refractivity contribution is 5.77. The minimum atomic E-state index is -0.0656. The highest BCUT2D eigenvalue weighted by Gasteiger charge is 2.15. The van der Waals surface area contributed by atoms with Crippen LogP contribution in [0, 0.1) is 0 Å². The molecule has 1 aromatic carbocycles. The van der Waals surface area contributed by atoms with Crippen molar-refractivity contribution in [1.82, 2.24) is 14.3 Å². The van der Waals surface area contributed by atoms with E-state index in [1.165, 1.54) is 0 Å². The molecule has 3 rings (SSSR count). The van der Waals surface area contributed by atoms with Crippen molar-refractivity contribution in [3.05, 3.63) is 60.6 Å². The van der Waals surface area contributed by atoms with E-state index >= 15 is 0 Å². The number of hydrogen-bond acceptors (Lipinski definition) is 4. The minimum Gasteiger partial charge on any atom is -0.497 e. The van der Waals surface area contributed by atoms with Gasteiger partial charge in [-0.2, -0.15) is 0 Å². The maximum atomic E-state index is 12.5.